The Hall–Kier alpha value is -1.79. The number of carboxylic acid groups (broad SMARTS) is 1. The molecular weight excluding hydrogens is 266 g/mol. The Morgan fingerprint density at radius 1 is 1.42 bits per heavy atom. The van der Waals surface area contributed by atoms with Gasteiger partial charge in [-0.1, -0.05) is 0 Å². The molecule has 0 spiro atoms. The summed E-state index contributed by atoms with van der Waals surface area (Å²) in [6.07, 6.45) is -4.44. The third-order valence-electron chi connectivity index (χ3n) is 2.49. The van der Waals surface area contributed by atoms with Gasteiger partial charge >= 0.3 is 12.1 Å². The van der Waals surface area contributed by atoms with E-state index in [4.69, 9.17) is 5.11 Å². The number of carbonyl (C=O) groups is 1. The van der Waals surface area contributed by atoms with Gasteiger partial charge in [0.15, 0.2) is 0 Å². The zero-order valence-corrected chi connectivity index (χ0v) is 10.1. The predicted molar refractivity (Wildman–Crippen MR) is 61.4 cm³/mol. The van der Waals surface area contributed by atoms with Crippen molar-refractivity contribution in [1.29, 1.82) is 0 Å². The summed E-state index contributed by atoms with van der Waals surface area (Å²) in [5, 5.41) is 11.1. The molecule has 0 aliphatic heterocycles. The highest BCUT2D eigenvalue weighted by atomic mass is 19.4. The van der Waals surface area contributed by atoms with Crippen molar-refractivity contribution < 1.29 is 27.5 Å². The van der Waals surface area contributed by atoms with Gasteiger partial charge in [0.2, 0.25) is 0 Å². The second-order valence-corrected chi connectivity index (χ2v) is 4.17. The van der Waals surface area contributed by atoms with Crippen LogP contribution in [0.25, 0.3) is 0 Å². The minimum Gasteiger partial charge on any atom is -0.481 e. The summed E-state index contributed by atoms with van der Waals surface area (Å²) in [7, 11) is 0. The van der Waals surface area contributed by atoms with Crippen LogP contribution in [-0.4, -0.2) is 17.1 Å². The molecule has 0 aliphatic carbocycles. The molecule has 1 aromatic rings. The number of hydrogen-bond acceptors (Lipinski definition) is 2. The van der Waals surface area contributed by atoms with E-state index in [2.05, 4.69) is 5.32 Å². The van der Waals surface area contributed by atoms with E-state index in [1.54, 1.807) is 6.92 Å². The van der Waals surface area contributed by atoms with E-state index in [0.717, 1.165) is 12.1 Å². The summed E-state index contributed by atoms with van der Waals surface area (Å²) in [5.41, 5.74) is -1.14. The van der Waals surface area contributed by atoms with Crippen LogP contribution >= 0.6 is 0 Å². The lowest BCUT2D eigenvalue weighted by Gasteiger charge is -2.16. The quantitative estimate of drug-likeness (QED) is 0.811. The molecule has 0 amide bonds. The maximum Gasteiger partial charge on any atom is 0.416 e. The summed E-state index contributed by atoms with van der Waals surface area (Å²) in [6.45, 7) is 1.63. The Morgan fingerprint density at radius 3 is 2.53 bits per heavy atom. The highest BCUT2D eigenvalue weighted by molar-refractivity contribution is 5.66. The molecule has 0 aromatic heterocycles. The largest absolute Gasteiger partial charge is 0.481 e. The van der Waals surface area contributed by atoms with E-state index in [1.165, 1.54) is 0 Å². The molecule has 0 bridgehead atoms. The predicted octanol–water partition coefficient (Wildman–Crippen LogP) is 3.51. The number of nitrogens with one attached hydrogen (secondary N) is 1. The summed E-state index contributed by atoms with van der Waals surface area (Å²) in [4.78, 5) is 10.4. The normalized spacial score (nSPS) is 13.1. The highest BCUT2D eigenvalue weighted by Gasteiger charge is 2.31. The van der Waals surface area contributed by atoms with Gasteiger partial charge in [0.05, 0.1) is 11.3 Å². The van der Waals surface area contributed by atoms with Gasteiger partial charge in [-0.25, -0.2) is 4.39 Å². The van der Waals surface area contributed by atoms with Crippen molar-refractivity contribution in [1.82, 2.24) is 0 Å². The van der Waals surface area contributed by atoms with Gasteiger partial charge in [-0.3, -0.25) is 4.79 Å². The molecule has 0 radical (unpaired) electrons. The molecular formula is C12H13F4NO2. The van der Waals surface area contributed by atoms with Gasteiger partial charge in [0.25, 0.3) is 0 Å². The van der Waals surface area contributed by atoms with Crippen LogP contribution in [0, 0.1) is 5.82 Å². The molecule has 1 unspecified atom stereocenters. The fraction of sp³-hybridized carbons (Fsp3) is 0.417. The Kier molecular flexibility index (Phi) is 4.74. The molecule has 1 atom stereocenters. The first-order valence-electron chi connectivity index (χ1n) is 5.55. The first kappa shape index (κ1) is 15.3. The van der Waals surface area contributed by atoms with Crippen LogP contribution in [0.4, 0.5) is 23.2 Å². The lowest BCUT2D eigenvalue weighted by atomic mass is 10.1. The first-order chi connectivity index (χ1) is 8.70. The SMILES string of the molecule is CC(CCC(=O)O)Nc1ccc(C(F)(F)F)cc1F. The molecule has 19 heavy (non-hydrogen) atoms. The van der Waals surface area contributed by atoms with Crippen LogP contribution in [0.5, 0.6) is 0 Å². The van der Waals surface area contributed by atoms with Gasteiger partial charge in [-0.2, -0.15) is 13.2 Å². The van der Waals surface area contributed by atoms with E-state index in [9.17, 15) is 22.4 Å². The minimum atomic E-state index is -4.59. The van der Waals surface area contributed by atoms with Crippen LogP contribution in [0.2, 0.25) is 0 Å². The summed E-state index contributed by atoms with van der Waals surface area (Å²) >= 11 is 0. The average molecular weight is 279 g/mol. The van der Waals surface area contributed by atoms with Crippen molar-refractivity contribution in [2.24, 2.45) is 0 Å². The van der Waals surface area contributed by atoms with Gasteiger partial charge in [0, 0.05) is 12.5 Å². The molecule has 7 heteroatoms. The Bertz CT molecular complexity index is 460. The maximum atomic E-state index is 13.5. The van der Waals surface area contributed by atoms with Crippen LogP contribution in [0.1, 0.15) is 25.3 Å². The molecule has 106 valence electrons. The van der Waals surface area contributed by atoms with Gasteiger partial charge in [-0.05, 0) is 31.5 Å². The third kappa shape index (κ3) is 4.76. The minimum absolute atomic E-state index is 0.0779. The summed E-state index contributed by atoms with van der Waals surface area (Å²) in [6, 6.07) is 1.82. The lowest BCUT2D eigenvalue weighted by molar-refractivity contribution is -0.138. The second-order valence-electron chi connectivity index (χ2n) is 4.17. The molecule has 2 N–H and O–H groups in total. The average Bonchev–Trinajstić information content (AvgIpc) is 2.27. The molecule has 0 saturated heterocycles. The van der Waals surface area contributed by atoms with E-state index in [-0.39, 0.29) is 24.6 Å². The molecule has 3 nitrogen and oxygen atoms in total. The van der Waals surface area contributed by atoms with E-state index in [1.807, 2.05) is 0 Å². The topological polar surface area (TPSA) is 49.3 Å². The fourth-order valence-corrected chi connectivity index (χ4v) is 1.49. The monoisotopic (exact) mass is 279 g/mol. The van der Waals surface area contributed by atoms with Crippen molar-refractivity contribution in [2.45, 2.75) is 32.0 Å². The number of aliphatic carboxylic acids is 1. The second kappa shape index (κ2) is 5.90. The highest BCUT2D eigenvalue weighted by Crippen LogP contribution is 2.31. The Morgan fingerprint density at radius 2 is 2.05 bits per heavy atom. The number of rotatable bonds is 5. The number of hydrogen-bond donors (Lipinski definition) is 2. The number of alkyl halides is 3. The molecule has 1 rings (SSSR count). The zero-order chi connectivity index (χ0) is 14.6. The summed E-state index contributed by atoms with van der Waals surface area (Å²) in [5.74, 6) is -2.00. The summed E-state index contributed by atoms with van der Waals surface area (Å²) < 4.78 is 50.4. The first-order valence-corrected chi connectivity index (χ1v) is 5.55. The van der Waals surface area contributed by atoms with E-state index in [0.29, 0.717) is 6.07 Å². The smallest absolute Gasteiger partial charge is 0.416 e. The van der Waals surface area contributed by atoms with Crippen molar-refractivity contribution >= 4 is 11.7 Å². The van der Waals surface area contributed by atoms with Gasteiger partial charge in [0.1, 0.15) is 5.82 Å². The van der Waals surface area contributed by atoms with Crippen LogP contribution in [0.3, 0.4) is 0 Å². The maximum absolute atomic E-state index is 13.5. The van der Waals surface area contributed by atoms with Crippen LogP contribution in [-0.2, 0) is 11.0 Å². The molecule has 1 aromatic carbocycles. The Balaban J connectivity index is 2.72. The standard InChI is InChI=1S/C12H13F4NO2/c1-7(2-5-11(18)19)17-10-4-3-8(6-9(10)13)12(14,15)16/h3-4,6-7,17H,2,5H2,1H3,(H,18,19). The van der Waals surface area contributed by atoms with Crippen molar-refractivity contribution in [3.63, 3.8) is 0 Å². The van der Waals surface area contributed by atoms with Crippen molar-refractivity contribution in [2.75, 3.05) is 5.32 Å². The van der Waals surface area contributed by atoms with E-state index >= 15 is 0 Å². The van der Waals surface area contributed by atoms with Gasteiger partial charge in [-0.15, -0.1) is 0 Å². The Labute approximate surface area is 107 Å². The van der Waals surface area contributed by atoms with Crippen molar-refractivity contribution in [3.05, 3.63) is 29.6 Å². The molecule has 0 saturated carbocycles. The number of anilines is 1. The van der Waals surface area contributed by atoms with Crippen LogP contribution < -0.4 is 5.32 Å². The van der Waals surface area contributed by atoms with Gasteiger partial charge < -0.3 is 10.4 Å². The molecule has 0 fully saturated rings. The molecule has 0 heterocycles. The number of carboxylic acids is 1. The zero-order valence-electron chi connectivity index (χ0n) is 10.1. The fourth-order valence-electron chi connectivity index (χ4n) is 1.49. The van der Waals surface area contributed by atoms with Crippen molar-refractivity contribution in [3.8, 4) is 0 Å². The lowest BCUT2D eigenvalue weighted by Crippen LogP contribution is -2.18. The van der Waals surface area contributed by atoms with Crippen LogP contribution in [0.15, 0.2) is 18.2 Å². The number of benzene rings is 1. The number of halogens is 4. The van der Waals surface area contributed by atoms with E-state index < -0.39 is 23.5 Å². The molecule has 0 aliphatic rings. The third-order valence-corrected chi connectivity index (χ3v) is 2.49.